The normalized spacial score (nSPS) is 10.6. The van der Waals surface area contributed by atoms with Crippen LogP contribution in [0.15, 0.2) is 40.9 Å². The van der Waals surface area contributed by atoms with Gasteiger partial charge < -0.3 is 10.1 Å². The smallest absolute Gasteiger partial charge is 0.144 e. The summed E-state index contributed by atoms with van der Waals surface area (Å²) in [5, 5.41) is 3.83. The van der Waals surface area contributed by atoms with Crippen molar-refractivity contribution in [3.8, 4) is 11.5 Å². The molecule has 106 valence electrons. The number of nitrogens with one attached hydrogen (secondary N) is 1. The maximum atomic E-state index is 13.3. The maximum absolute atomic E-state index is 13.3. The standard InChI is InChI=1S/C15H14BrClFNO/c1-2-19-9-11-13(17)4-3-5-14(11)20-15-8-10(18)6-7-12(15)16/h3-8,19H,2,9H2,1H3. The topological polar surface area (TPSA) is 21.3 Å². The molecule has 2 aromatic rings. The summed E-state index contributed by atoms with van der Waals surface area (Å²) >= 11 is 9.54. The van der Waals surface area contributed by atoms with Crippen molar-refractivity contribution in [3.63, 3.8) is 0 Å². The van der Waals surface area contributed by atoms with Crippen LogP contribution in [-0.2, 0) is 6.54 Å². The summed E-state index contributed by atoms with van der Waals surface area (Å²) in [5.41, 5.74) is 0.854. The average molecular weight is 359 g/mol. The molecule has 20 heavy (non-hydrogen) atoms. The van der Waals surface area contributed by atoms with Crippen LogP contribution in [0, 0.1) is 5.82 Å². The second-order valence-corrected chi connectivity index (χ2v) is 5.44. The van der Waals surface area contributed by atoms with Crippen molar-refractivity contribution in [3.05, 3.63) is 57.3 Å². The molecule has 0 radical (unpaired) electrons. The van der Waals surface area contributed by atoms with E-state index in [-0.39, 0.29) is 5.82 Å². The molecular formula is C15H14BrClFNO. The van der Waals surface area contributed by atoms with E-state index in [1.165, 1.54) is 12.1 Å². The summed E-state index contributed by atoms with van der Waals surface area (Å²) in [6.07, 6.45) is 0. The third-order valence-corrected chi connectivity index (χ3v) is 3.75. The van der Waals surface area contributed by atoms with Crippen molar-refractivity contribution in [1.82, 2.24) is 5.32 Å². The summed E-state index contributed by atoms with van der Waals surface area (Å²) < 4.78 is 19.8. The lowest BCUT2D eigenvalue weighted by atomic mass is 10.2. The molecule has 0 spiro atoms. The lowest BCUT2D eigenvalue weighted by molar-refractivity contribution is 0.465. The Balaban J connectivity index is 2.33. The highest BCUT2D eigenvalue weighted by molar-refractivity contribution is 9.10. The van der Waals surface area contributed by atoms with E-state index in [4.69, 9.17) is 16.3 Å². The number of rotatable bonds is 5. The van der Waals surface area contributed by atoms with Crippen molar-refractivity contribution >= 4 is 27.5 Å². The van der Waals surface area contributed by atoms with Gasteiger partial charge in [-0.3, -0.25) is 0 Å². The van der Waals surface area contributed by atoms with Gasteiger partial charge in [-0.05, 0) is 46.7 Å². The zero-order valence-corrected chi connectivity index (χ0v) is 13.3. The number of benzene rings is 2. The van der Waals surface area contributed by atoms with Gasteiger partial charge in [-0.15, -0.1) is 0 Å². The molecule has 0 saturated carbocycles. The third kappa shape index (κ3) is 3.72. The molecule has 0 fully saturated rings. The molecule has 0 aliphatic rings. The van der Waals surface area contributed by atoms with Gasteiger partial charge in [0.25, 0.3) is 0 Å². The molecule has 0 atom stereocenters. The molecule has 0 aliphatic carbocycles. The van der Waals surface area contributed by atoms with E-state index in [0.29, 0.717) is 27.5 Å². The van der Waals surface area contributed by atoms with E-state index in [1.54, 1.807) is 12.1 Å². The molecule has 0 bridgehead atoms. The predicted octanol–water partition coefficient (Wildman–Crippen LogP) is 5.14. The highest BCUT2D eigenvalue weighted by Gasteiger charge is 2.11. The quantitative estimate of drug-likeness (QED) is 0.798. The van der Waals surface area contributed by atoms with Gasteiger partial charge >= 0.3 is 0 Å². The molecule has 2 nitrogen and oxygen atoms in total. The Morgan fingerprint density at radius 2 is 2.05 bits per heavy atom. The van der Waals surface area contributed by atoms with Crippen molar-refractivity contribution in [2.45, 2.75) is 13.5 Å². The van der Waals surface area contributed by atoms with Crippen LogP contribution >= 0.6 is 27.5 Å². The second kappa shape index (κ2) is 7.07. The number of hydrogen-bond donors (Lipinski definition) is 1. The van der Waals surface area contributed by atoms with Crippen molar-refractivity contribution in [2.75, 3.05) is 6.54 Å². The summed E-state index contributed by atoms with van der Waals surface area (Å²) in [6, 6.07) is 9.74. The fourth-order valence-electron chi connectivity index (χ4n) is 1.73. The summed E-state index contributed by atoms with van der Waals surface area (Å²) in [5.74, 6) is 0.688. The molecule has 1 N–H and O–H groups in total. The monoisotopic (exact) mass is 357 g/mol. The van der Waals surface area contributed by atoms with Crippen LogP contribution in [0.4, 0.5) is 4.39 Å². The van der Waals surface area contributed by atoms with Gasteiger partial charge in [0.15, 0.2) is 0 Å². The molecule has 0 heterocycles. The van der Waals surface area contributed by atoms with Gasteiger partial charge in [-0.25, -0.2) is 4.39 Å². The number of halogens is 3. The third-order valence-electron chi connectivity index (χ3n) is 2.74. The highest BCUT2D eigenvalue weighted by atomic mass is 79.9. The molecule has 0 aliphatic heterocycles. The molecule has 0 aromatic heterocycles. The van der Waals surface area contributed by atoms with Crippen LogP contribution in [0.2, 0.25) is 5.02 Å². The van der Waals surface area contributed by atoms with Crippen LogP contribution in [0.25, 0.3) is 0 Å². The Morgan fingerprint density at radius 1 is 1.25 bits per heavy atom. The molecule has 0 amide bonds. The van der Waals surface area contributed by atoms with Gasteiger partial charge in [0, 0.05) is 23.2 Å². The van der Waals surface area contributed by atoms with E-state index in [0.717, 1.165) is 12.1 Å². The SMILES string of the molecule is CCNCc1c(Cl)cccc1Oc1cc(F)ccc1Br. The molecule has 0 unspecified atom stereocenters. The first kappa shape index (κ1) is 15.3. The molecule has 2 aromatic carbocycles. The van der Waals surface area contributed by atoms with Crippen molar-refractivity contribution in [1.29, 1.82) is 0 Å². The van der Waals surface area contributed by atoms with E-state index >= 15 is 0 Å². The fourth-order valence-corrected chi connectivity index (χ4v) is 2.29. The minimum Gasteiger partial charge on any atom is -0.456 e. The van der Waals surface area contributed by atoms with Crippen LogP contribution < -0.4 is 10.1 Å². The van der Waals surface area contributed by atoms with Crippen LogP contribution in [-0.4, -0.2) is 6.54 Å². The zero-order chi connectivity index (χ0) is 14.5. The molecule has 0 saturated heterocycles. The van der Waals surface area contributed by atoms with E-state index in [9.17, 15) is 4.39 Å². The van der Waals surface area contributed by atoms with Crippen molar-refractivity contribution in [2.24, 2.45) is 0 Å². The number of hydrogen-bond acceptors (Lipinski definition) is 2. The van der Waals surface area contributed by atoms with E-state index in [2.05, 4.69) is 21.2 Å². The zero-order valence-electron chi connectivity index (χ0n) is 10.9. The van der Waals surface area contributed by atoms with Gasteiger partial charge in [0.1, 0.15) is 17.3 Å². The van der Waals surface area contributed by atoms with Gasteiger partial charge in [-0.1, -0.05) is 24.6 Å². The minimum atomic E-state index is -0.349. The largest absolute Gasteiger partial charge is 0.456 e. The lowest BCUT2D eigenvalue weighted by Gasteiger charge is -2.14. The Morgan fingerprint density at radius 3 is 2.80 bits per heavy atom. The Hall–Kier alpha value is -1.10. The first-order valence-corrected chi connectivity index (χ1v) is 7.40. The molecule has 2 rings (SSSR count). The second-order valence-electron chi connectivity index (χ2n) is 4.17. The van der Waals surface area contributed by atoms with Crippen LogP contribution in [0.5, 0.6) is 11.5 Å². The first-order valence-electron chi connectivity index (χ1n) is 6.23. The van der Waals surface area contributed by atoms with Crippen molar-refractivity contribution < 1.29 is 9.13 Å². The number of ether oxygens (including phenoxy) is 1. The Kier molecular flexibility index (Phi) is 5.40. The maximum Gasteiger partial charge on any atom is 0.144 e. The lowest BCUT2D eigenvalue weighted by Crippen LogP contribution is -2.12. The van der Waals surface area contributed by atoms with Gasteiger partial charge in [-0.2, -0.15) is 0 Å². The summed E-state index contributed by atoms with van der Waals surface area (Å²) in [4.78, 5) is 0. The Bertz CT molecular complexity index is 606. The van der Waals surface area contributed by atoms with Gasteiger partial charge in [0.05, 0.1) is 4.47 Å². The summed E-state index contributed by atoms with van der Waals surface area (Å²) in [6.45, 7) is 3.44. The van der Waals surface area contributed by atoms with Crippen LogP contribution in [0.3, 0.4) is 0 Å². The summed E-state index contributed by atoms with van der Waals surface area (Å²) in [7, 11) is 0. The Labute approximate surface area is 131 Å². The average Bonchev–Trinajstić information content (AvgIpc) is 2.42. The van der Waals surface area contributed by atoms with Crippen LogP contribution in [0.1, 0.15) is 12.5 Å². The molecule has 5 heteroatoms. The fraction of sp³-hybridized carbons (Fsp3) is 0.200. The predicted molar refractivity (Wildman–Crippen MR) is 83.0 cm³/mol. The molecular weight excluding hydrogens is 345 g/mol. The van der Waals surface area contributed by atoms with E-state index < -0.39 is 0 Å². The highest BCUT2D eigenvalue weighted by Crippen LogP contribution is 2.34. The van der Waals surface area contributed by atoms with Gasteiger partial charge in [0.2, 0.25) is 0 Å². The first-order chi connectivity index (χ1) is 9.61. The van der Waals surface area contributed by atoms with E-state index in [1.807, 2.05) is 19.1 Å². The minimum absolute atomic E-state index is 0.349.